The van der Waals surface area contributed by atoms with Crippen LogP contribution in [-0.4, -0.2) is 23.1 Å². The Balaban J connectivity index is 2.32. The molecule has 0 radical (unpaired) electrons. The summed E-state index contributed by atoms with van der Waals surface area (Å²) >= 11 is 1.52. The van der Waals surface area contributed by atoms with Gasteiger partial charge in [0.25, 0.3) is 0 Å². The van der Waals surface area contributed by atoms with Crippen molar-refractivity contribution in [2.45, 2.75) is 31.9 Å². The van der Waals surface area contributed by atoms with Gasteiger partial charge in [0.05, 0.1) is 6.10 Å². The summed E-state index contributed by atoms with van der Waals surface area (Å²) in [5.74, 6) is -0.137. The zero-order valence-electron chi connectivity index (χ0n) is 9.56. The molecule has 0 aliphatic heterocycles. The van der Waals surface area contributed by atoms with Crippen LogP contribution in [0.2, 0.25) is 0 Å². The summed E-state index contributed by atoms with van der Waals surface area (Å²) in [5.41, 5.74) is 6.03. The lowest BCUT2D eigenvalue weighted by molar-refractivity contribution is -0.122. The molecule has 1 aromatic rings. The molecule has 90 valence electrons. The predicted molar refractivity (Wildman–Crippen MR) is 65.2 cm³/mol. The number of hydrogen-bond donors (Lipinski definition) is 3. The fourth-order valence-corrected chi connectivity index (χ4v) is 1.98. The third kappa shape index (κ3) is 4.74. The molecule has 1 rings (SSSR count). The third-order valence-corrected chi connectivity index (χ3v) is 2.74. The van der Waals surface area contributed by atoms with E-state index in [1.807, 2.05) is 16.8 Å². The van der Waals surface area contributed by atoms with Crippen molar-refractivity contribution in [1.29, 1.82) is 0 Å². The highest BCUT2D eigenvalue weighted by molar-refractivity contribution is 7.07. The highest BCUT2D eigenvalue weighted by Crippen LogP contribution is 2.15. The average Bonchev–Trinajstić information content (AvgIpc) is 2.64. The molecule has 1 heterocycles. The topological polar surface area (TPSA) is 75.4 Å². The number of aliphatic hydroxyl groups excluding tert-OH is 1. The fourth-order valence-electron chi connectivity index (χ4n) is 1.27. The zero-order chi connectivity index (χ0) is 12.2. The Morgan fingerprint density at radius 2 is 2.38 bits per heavy atom. The van der Waals surface area contributed by atoms with Gasteiger partial charge in [0.2, 0.25) is 5.91 Å². The smallest absolute Gasteiger partial charge is 0.221 e. The first-order chi connectivity index (χ1) is 7.38. The van der Waals surface area contributed by atoms with E-state index in [2.05, 4.69) is 5.32 Å². The number of thiophene rings is 1. The maximum Gasteiger partial charge on any atom is 0.221 e. The van der Waals surface area contributed by atoms with Crippen molar-refractivity contribution < 1.29 is 9.90 Å². The molecule has 5 heteroatoms. The Kier molecular flexibility index (Phi) is 4.46. The summed E-state index contributed by atoms with van der Waals surface area (Å²) in [6.07, 6.45) is -0.389. The number of nitrogens with two attached hydrogens (primary N) is 1. The van der Waals surface area contributed by atoms with E-state index in [0.717, 1.165) is 5.56 Å². The molecule has 0 spiro atoms. The molecule has 1 unspecified atom stereocenters. The van der Waals surface area contributed by atoms with E-state index in [9.17, 15) is 9.90 Å². The van der Waals surface area contributed by atoms with Crippen LogP contribution in [0.15, 0.2) is 16.8 Å². The van der Waals surface area contributed by atoms with Crippen molar-refractivity contribution in [2.75, 3.05) is 6.54 Å². The van der Waals surface area contributed by atoms with E-state index in [-0.39, 0.29) is 18.9 Å². The van der Waals surface area contributed by atoms with Crippen LogP contribution in [-0.2, 0) is 4.79 Å². The Labute approximate surface area is 99.5 Å². The van der Waals surface area contributed by atoms with Gasteiger partial charge in [-0.15, -0.1) is 0 Å². The first-order valence-electron chi connectivity index (χ1n) is 5.14. The van der Waals surface area contributed by atoms with Crippen LogP contribution >= 0.6 is 11.3 Å². The average molecular weight is 242 g/mol. The summed E-state index contributed by atoms with van der Waals surface area (Å²) in [6, 6.07) is 1.84. The number of amides is 1. The molecule has 4 nitrogen and oxygen atoms in total. The maximum absolute atomic E-state index is 11.4. The molecule has 0 fully saturated rings. The van der Waals surface area contributed by atoms with E-state index in [0.29, 0.717) is 0 Å². The standard InChI is InChI=1S/C11H18N2O2S/c1-11(2,12)5-10(15)13-6-9(14)8-3-4-16-7-8/h3-4,7,9,14H,5-6,12H2,1-2H3,(H,13,15). The van der Waals surface area contributed by atoms with Gasteiger partial charge in [0, 0.05) is 18.5 Å². The second-order valence-corrected chi connectivity index (χ2v) is 5.32. The van der Waals surface area contributed by atoms with Gasteiger partial charge >= 0.3 is 0 Å². The van der Waals surface area contributed by atoms with Crippen molar-refractivity contribution in [3.63, 3.8) is 0 Å². The monoisotopic (exact) mass is 242 g/mol. The Morgan fingerprint density at radius 3 is 2.88 bits per heavy atom. The molecule has 4 N–H and O–H groups in total. The molecule has 0 aliphatic rings. The van der Waals surface area contributed by atoms with Gasteiger partial charge in [-0.25, -0.2) is 0 Å². The van der Waals surface area contributed by atoms with Gasteiger partial charge in [0.15, 0.2) is 0 Å². The highest BCUT2D eigenvalue weighted by Gasteiger charge is 2.17. The van der Waals surface area contributed by atoms with Crippen molar-refractivity contribution in [3.05, 3.63) is 22.4 Å². The van der Waals surface area contributed by atoms with Gasteiger partial charge in [-0.05, 0) is 36.2 Å². The molecular weight excluding hydrogens is 224 g/mol. The van der Waals surface area contributed by atoms with Gasteiger partial charge in [-0.3, -0.25) is 4.79 Å². The number of hydrogen-bond acceptors (Lipinski definition) is 4. The molecule has 1 atom stereocenters. The number of rotatable bonds is 5. The van der Waals surface area contributed by atoms with Gasteiger partial charge in [-0.1, -0.05) is 0 Å². The lowest BCUT2D eigenvalue weighted by atomic mass is 10.0. The van der Waals surface area contributed by atoms with Crippen LogP contribution in [0.1, 0.15) is 31.9 Å². The zero-order valence-corrected chi connectivity index (χ0v) is 10.4. The molecule has 0 bridgehead atoms. The Bertz CT molecular complexity index is 330. The number of nitrogens with one attached hydrogen (secondary N) is 1. The largest absolute Gasteiger partial charge is 0.387 e. The van der Waals surface area contributed by atoms with Crippen LogP contribution in [0.25, 0.3) is 0 Å². The molecule has 0 saturated carbocycles. The second kappa shape index (κ2) is 5.43. The van der Waals surface area contributed by atoms with Crippen LogP contribution in [0, 0.1) is 0 Å². The van der Waals surface area contributed by atoms with Crippen LogP contribution in [0.5, 0.6) is 0 Å². The Morgan fingerprint density at radius 1 is 1.69 bits per heavy atom. The van der Waals surface area contributed by atoms with Crippen molar-refractivity contribution in [3.8, 4) is 0 Å². The first kappa shape index (κ1) is 13.2. The van der Waals surface area contributed by atoms with Crippen molar-refractivity contribution in [2.24, 2.45) is 5.73 Å². The summed E-state index contributed by atoms with van der Waals surface area (Å²) < 4.78 is 0. The lowest BCUT2D eigenvalue weighted by Crippen LogP contribution is -2.40. The van der Waals surface area contributed by atoms with Crippen LogP contribution in [0.3, 0.4) is 0 Å². The number of carbonyl (C=O) groups excluding carboxylic acids is 1. The normalized spacial score (nSPS) is 13.5. The minimum Gasteiger partial charge on any atom is -0.387 e. The number of aliphatic hydroxyl groups is 1. The molecule has 1 aromatic heterocycles. The maximum atomic E-state index is 11.4. The van der Waals surface area contributed by atoms with E-state index in [4.69, 9.17) is 5.73 Å². The SMILES string of the molecule is CC(C)(N)CC(=O)NCC(O)c1ccsc1. The molecule has 16 heavy (non-hydrogen) atoms. The summed E-state index contributed by atoms with van der Waals surface area (Å²) in [7, 11) is 0. The molecule has 0 aromatic carbocycles. The van der Waals surface area contributed by atoms with Crippen LogP contribution in [0.4, 0.5) is 0 Å². The van der Waals surface area contributed by atoms with E-state index in [1.165, 1.54) is 11.3 Å². The summed E-state index contributed by atoms with van der Waals surface area (Å²) in [4.78, 5) is 11.4. The van der Waals surface area contributed by atoms with Crippen molar-refractivity contribution in [1.82, 2.24) is 5.32 Å². The summed E-state index contributed by atoms with van der Waals surface area (Å²) in [5, 5.41) is 16.1. The predicted octanol–water partition coefficient (Wildman–Crippen LogP) is 1.03. The summed E-state index contributed by atoms with van der Waals surface area (Å²) in [6.45, 7) is 3.81. The lowest BCUT2D eigenvalue weighted by Gasteiger charge is -2.18. The van der Waals surface area contributed by atoms with Gasteiger partial charge < -0.3 is 16.2 Å². The Hall–Kier alpha value is -0.910. The minimum atomic E-state index is -0.643. The molecular formula is C11H18N2O2S. The highest BCUT2D eigenvalue weighted by atomic mass is 32.1. The quantitative estimate of drug-likeness (QED) is 0.721. The second-order valence-electron chi connectivity index (χ2n) is 4.54. The van der Waals surface area contributed by atoms with E-state index in [1.54, 1.807) is 13.8 Å². The molecule has 0 aliphatic carbocycles. The first-order valence-corrected chi connectivity index (χ1v) is 6.08. The van der Waals surface area contributed by atoms with E-state index >= 15 is 0 Å². The minimum absolute atomic E-state index is 0.137. The molecule has 0 saturated heterocycles. The van der Waals surface area contributed by atoms with Crippen LogP contribution < -0.4 is 11.1 Å². The van der Waals surface area contributed by atoms with Gasteiger partial charge in [0.1, 0.15) is 0 Å². The van der Waals surface area contributed by atoms with Gasteiger partial charge in [-0.2, -0.15) is 11.3 Å². The molecule has 1 amide bonds. The van der Waals surface area contributed by atoms with Crippen molar-refractivity contribution >= 4 is 17.2 Å². The number of carbonyl (C=O) groups is 1. The third-order valence-electron chi connectivity index (χ3n) is 2.04. The van der Waals surface area contributed by atoms with E-state index < -0.39 is 11.6 Å². The fraction of sp³-hybridized carbons (Fsp3) is 0.545.